The number of carbonyl (C=O) groups is 1. The molecule has 0 unspecified atom stereocenters. The summed E-state index contributed by atoms with van der Waals surface area (Å²) in [4.78, 5) is 11.2. The van der Waals surface area contributed by atoms with Crippen molar-refractivity contribution >= 4 is 17.7 Å². The van der Waals surface area contributed by atoms with Gasteiger partial charge in [-0.25, -0.2) is 0 Å². The number of carboxylic acids is 1. The Morgan fingerprint density at radius 2 is 2.18 bits per heavy atom. The molecule has 0 radical (unpaired) electrons. The van der Waals surface area contributed by atoms with Crippen LogP contribution in [0.25, 0.3) is 0 Å². The molecule has 2 fully saturated rings. The van der Waals surface area contributed by atoms with Crippen LogP contribution in [0, 0.1) is 0 Å². The number of hydrogen-bond donors (Lipinski definition) is 1. The molecule has 1 saturated carbocycles. The summed E-state index contributed by atoms with van der Waals surface area (Å²) in [5.74, 6) is 2.16. The molecule has 17 heavy (non-hydrogen) atoms. The Hall–Kier alpha value is -1.16. The fourth-order valence-corrected chi connectivity index (χ4v) is 2.66. The van der Waals surface area contributed by atoms with Gasteiger partial charge in [0.1, 0.15) is 11.9 Å². The predicted molar refractivity (Wildman–Crippen MR) is 66.7 cm³/mol. The lowest BCUT2D eigenvalue weighted by molar-refractivity contribution is -0.140. The van der Waals surface area contributed by atoms with Crippen LogP contribution in [0.2, 0.25) is 0 Å². The van der Waals surface area contributed by atoms with E-state index in [-0.39, 0.29) is 0 Å². The highest BCUT2D eigenvalue weighted by Gasteiger charge is 2.51. The number of rotatable bonds is 4. The van der Waals surface area contributed by atoms with Crippen LogP contribution in [-0.4, -0.2) is 28.7 Å². The molecular weight excluding hydrogens is 236 g/mol. The number of aliphatic carboxylic acids is 1. The first-order valence-corrected chi connectivity index (χ1v) is 6.94. The number of ether oxygens (including phenoxy) is 1. The molecule has 3 rings (SSSR count). The third-order valence-electron chi connectivity index (χ3n) is 3.46. The molecule has 3 nitrogen and oxygen atoms in total. The van der Waals surface area contributed by atoms with E-state index in [0.717, 1.165) is 35.7 Å². The van der Waals surface area contributed by atoms with Gasteiger partial charge in [0.25, 0.3) is 0 Å². The van der Waals surface area contributed by atoms with Gasteiger partial charge in [0, 0.05) is 11.5 Å². The zero-order valence-electron chi connectivity index (χ0n) is 9.39. The molecule has 1 aliphatic heterocycles. The second kappa shape index (κ2) is 3.95. The molecule has 4 heteroatoms. The van der Waals surface area contributed by atoms with E-state index >= 15 is 0 Å². The van der Waals surface area contributed by atoms with Crippen molar-refractivity contribution in [3.05, 3.63) is 29.8 Å². The lowest BCUT2D eigenvalue weighted by Gasteiger charge is -2.26. The summed E-state index contributed by atoms with van der Waals surface area (Å²) < 4.78 is 5.78. The van der Waals surface area contributed by atoms with Crippen LogP contribution >= 0.6 is 11.8 Å². The molecular formula is C13H14O3S. The van der Waals surface area contributed by atoms with Gasteiger partial charge in [-0.05, 0) is 30.5 Å². The van der Waals surface area contributed by atoms with E-state index in [1.165, 1.54) is 0 Å². The van der Waals surface area contributed by atoms with E-state index in [0.29, 0.717) is 6.10 Å². The van der Waals surface area contributed by atoms with Gasteiger partial charge in [-0.3, -0.25) is 4.79 Å². The van der Waals surface area contributed by atoms with Gasteiger partial charge >= 0.3 is 5.97 Å². The van der Waals surface area contributed by atoms with Gasteiger partial charge in [0.15, 0.2) is 0 Å². The summed E-state index contributed by atoms with van der Waals surface area (Å²) in [6.45, 7) is 0. The second-order valence-electron chi connectivity index (χ2n) is 4.69. The molecule has 1 saturated heterocycles. The Morgan fingerprint density at radius 3 is 2.71 bits per heavy atom. The van der Waals surface area contributed by atoms with Gasteiger partial charge in [-0.2, -0.15) is 11.8 Å². The van der Waals surface area contributed by atoms with Crippen LogP contribution in [0.15, 0.2) is 24.3 Å². The Bertz CT molecular complexity index is 450. The Labute approximate surface area is 104 Å². The molecule has 0 amide bonds. The lowest BCUT2D eigenvalue weighted by Crippen LogP contribution is -2.31. The maximum Gasteiger partial charge on any atom is 0.314 e. The van der Waals surface area contributed by atoms with Crippen LogP contribution in [0.1, 0.15) is 18.4 Å². The average Bonchev–Trinajstić information content (AvgIpc) is 3.05. The Balaban J connectivity index is 1.81. The van der Waals surface area contributed by atoms with Crippen molar-refractivity contribution < 1.29 is 14.6 Å². The highest BCUT2D eigenvalue weighted by molar-refractivity contribution is 8.00. The fourth-order valence-electron chi connectivity index (χ4n) is 2.09. The molecule has 1 aliphatic carbocycles. The highest BCUT2D eigenvalue weighted by atomic mass is 32.2. The third kappa shape index (κ3) is 1.90. The summed E-state index contributed by atoms with van der Waals surface area (Å²) in [6, 6.07) is 7.58. The zero-order chi connectivity index (χ0) is 11.9. The zero-order valence-corrected chi connectivity index (χ0v) is 10.2. The molecule has 90 valence electrons. The van der Waals surface area contributed by atoms with E-state index < -0.39 is 11.4 Å². The van der Waals surface area contributed by atoms with E-state index in [4.69, 9.17) is 4.74 Å². The molecule has 1 aromatic carbocycles. The summed E-state index contributed by atoms with van der Waals surface area (Å²) in [7, 11) is 0. The van der Waals surface area contributed by atoms with Gasteiger partial charge in [-0.1, -0.05) is 12.1 Å². The van der Waals surface area contributed by atoms with Crippen molar-refractivity contribution in [3.8, 4) is 5.75 Å². The van der Waals surface area contributed by atoms with Gasteiger partial charge in [0.05, 0.1) is 5.41 Å². The average molecular weight is 250 g/mol. The first-order valence-electron chi connectivity index (χ1n) is 5.79. The largest absolute Gasteiger partial charge is 0.489 e. The molecule has 1 heterocycles. The first kappa shape index (κ1) is 11.0. The normalized spacial score (nSPS) is 21.6. The van der Waals surface area contributed by atoms with Crippen LogP contribution in [0.3, 0.4) is 0 Å². The fraction of sp³-hybridized carbons (Fsp3) is 0.462. The smallest absolute Gasteiger partial charge is 0.314 e. The van der Waals surface area contributed by atoms with Crippen molar-refractivity contribution in [2.24, 2.45) is 0 Å². The molecule has 0 spiro atoms. The van der Waals surface area contributed by atoms with E-state index in [2.05, 4.69) is 0 Å². The van der Waals surface area contributed by atoms with E-state index in [9.17, 15) is 9.90 Å². The molecule has 0 bridgehead atoms. The minimum Gasteiger partial charge on any atom is -0.489 e. The molecule has 0 aromatic heterocycles. The number of thioether (sulfide) groups is 1. The minimum atomic E-state index is -0.714. The second-order valence-corrected chi connectivity index (χ2v) is 5.77. The molecule has 1 N–H and O–H groups in total. The number of benzene rings is 1. The Morgan fingerprint density at radius 1 is 1.41 bits per heavy atom. The first-order chi connectivity index (χ1) is 8.21. The van der Waals surface area contributed by atoms with Gasteiger partial charge < -0.3 is 9.84 Å². The monoisotopic (exact) mass is 250 g/mol. The third-order valence-corrected chi connectivity index (χ3v) is 4.67. The van der Waals surface area contributed by atoms with Gasteiger partial charge in [0.2, 0.25) is 0 Å². The van der Waals surface area contributed by atoms with Crippen molar-refractivity contribution in [1.29, 1.82) is 0 Å². The van der Waals surface area contributed by atoms with Crippen LogP contribution in [0.4, 0.5) is 0 Å². The molecule has 2 aliphatic rings. The predicted octanol–water partition coefficient (Wildman–Crippen LogP) is 2.30. The topological polar surface area (TPSA) is 46.5 Å². The summed E-state index contributed by atoms with van der Waals surface area (Å²) in [6.07, 6.45) is 1.78. The van der Waals surface area contributed by atoms with Crippen LogP contribution in [-0.2, 0) is 10.2 Å². The Kier molecular flexibility index (Phi) is 2.54. The summed E-state index contributed by atoms with van der Waals surface area (Å²) in [5, 5.41) is 9.24. The van der Waals surface area contributed by atoms with Crippen molar-refractivity contribution in [2.45, 2.75) is 24.4 Å². The van der Waals surface area contributed by atoms with E-state index in [1.54, 1.807) is 0 Å². The number of carboxylic acid groups (broad SMARTS) is 1. The quantitative estimate of drug-likeness (QED) is 0.890. The standard InChI is InChI=1S/C13H14O3S/c14-12(15)13(4-5-13)9-2-1-3-10(6-9)16-11-7-17-8-11/h1-3,6,11H,4-5,7-8H2,(H,14,15). The maximum atomic E-state index is 11.2. The highest BCUT2D eigenvalue weighted by Crippen LogP contribution is 2.49. The van der Waals surface area contributed by atoms with Gasteiger partial charge in [-0.15, -0.1) is 0 Å². The minimum absolute atomic E-state index is 0.301. The summed E-state index contributed by atoms with van der Waals surface area (Å²) in [5.41, 5.74) is 0.253. The van der Waals surface area contributed by atoms with Crippen LogP contribution < -0.4 is 4.74 Å². The number of hydrogen-bond acceptors (Lipinski definition) is 3. The van der Waals surface area contributed by atoms with Crippen molar-refractivity contribution in [2.75, 3.05) is 11.5 Å². The molecule has 0 atom stereocenters. The van der Waals surface area contributed by atoms with Crippen molar-refractivity contribution in [1.82, 2.24) is 0 Å². The van der Waals surface area contributed by atoms with Crippen molar-refractivity contribution in [3.63, 3.8) is 0 Å². The molecule has 1 aromatic rings. The summed E-state index contributed by atoms with van der Waals surface area (Å²) >= 11 is 1.87. The van der Waals surface area contributed by atoms with E-state index in [1.807, 2.05) is 36.0 Å². The van der Waals surface area contributed by atoms with Crippen LogP contribution in [0.5, 0.6) is 5.75 Å². The SMILES string of the molecule is O=C(O)C1(c2cccc(OC3CSC3)c2)CC1. The maximum absolute atomic E-state index is 11.2. The lowest BCUT2D eigenvalue weighted by atomic mass is 9.96.